The summed E-state index contributed by atoms with van der Waals surface area (Å²) in [6.07, 6.45) is 6.56. The zero-order chi connectivity index (χ0) is 18.2. The minimum absolute atomic E-state index is 0.0756. The number of carbonyl (C=O) groups excluding carboxylic acids is 1. The van der Waals surface area contributed by atoms with Gasteiger partial charge in [0.15, 0.2) is 0 Å². The highest BCUT2D eigenvalue weighted by Crippen LogP contribution is 2.26. The van der Waals surface area contributed by atoms with E-state index in [9.17, 15) is 10.1 Å². The quantitative estimate of drug-likeness (QED) is 0.477. The Labute approximate surface area is 155 Å². The molecule has 1 N–H and O–H groups in total. The van der Waals surface area contributed by atoms with Crippen molar-refractivity contribution < 1.29 is 9.53 Å². The lowest BCUT2D eigenvalue weighted by Crippen LogP contribution is -2.13. The van der Waals surface area contributed by atoms with E-state index in [4.69, 9.17) is 34.4 Å². The van der Waals surface area contributed by atoms with Crippen molar-refractivity contribution in [2.45, 2.75) is 0 Å². The smallest absolute Gasteiger partial charge is 0.266 e. The molecule has 0 bridgehead atoms. The number of nitrogens with one attached hydrogen (secondary N) is 1. The fraction of sp³-hybridized carbons (Fsp3) is 0.0526. The number of benzene rings is 2. The Bertz CT molecular complexity index is 908. The number of rotatable bonds is 5. The average molecular weight is 371 g/mol. The standard InChI is InChI=1S/C19H12Cl2N2O2/c1-2-8-25-18-7-6-13(10-17(18)21)9-14(12-22)19(24)23-16-5-3-4-15(20)11-16/h1,3-7,9-11H,8H2,(H,23,24)/b14-9+. The Morgan fingerprint density at radius 1 is 1.28 bits per heavy atom. The molecule has 0 aliphatic rings. The van der Waals surface area contributed by atoms with Gasteiger partial charge in [0, 0.05) is 10.7 Å². The summed E-state index contributed by atoms with van der Waals surface area (Å²) in [7, 11) is 0. The van der Waals surface area contributed by atoms with Crippen LogP contribution in [0.1, 0.15) is 5.56 Å². The number of hydrogen-bond acceptors (Lipinski definition) is 3. The number of ether oxygens (including phenoxy) is 1. The number of terminal acetylenes is 1. The summed E-state index contributed by atoms with van der Waals surface area (Å²) in [4.78, 5) is 12.2. The minimum atomic E-state index is -0.548. The van der Waals surface area contributed by atoms with E-state index >= 15 is 0 Å². The van der Waals surface area contributed by atoms with E-state index in [1.54, 1.807) is 42.5 Å². The molecule has 0 saturated heterocycles. The molecule has 0 aliphatic carbocycles. The normalized spacial score (nSPS) is 10.5. The van der Waals surface area contributed by atoms with Crippen molar-refractivity contribution in [2.24, 2.45) is 0 Å². The highest BCUT2D eigenvalue weighted by atomic mass is 35.5. The molecule has 0 spiro atoms. The first-order valence-electron chi connectivity index (χ1n) is 7.08. The topological polar surface area (TPSA) is 62.1 Å². The third-order valence-electron chi connectivity index (χ3n) is 3.03. The summed E-state index contributed by atoms with van der Waals surface area (Å²) in [5, 5.41) is 12.7. The molecule has 4 nitrogen and oxygen atoms in total. The van der Waals surface area contributed by atoms with Crippen molar-refractivity contribution in [1.29, 1.82) is 5.26 Å². The molecule has 2 rings (SSSR count). The fourth-order valence-electron chi connectivity index (χ4n) is 1.92. The number of halogens is 2. The summed E-state index contributed by atoms with van der Waals surface area (Å²) in [5.74, 6) is 2.22. The van der Waals surface area contributed by atoms with Gasteiger partial charge in [-0.2, -0.15) is 5.26 Å². The molecule has 1 amide bonds. The Balaban J connectivity index is 2.19. The van der Waals surface area contributed by atoms with Crippen LogP contribution in [0.4, 0.5) is 5.69 Å². The Morgan fingerprint density at radius 2 is 2.08 bits per heavy atom. The molecular formula is C19H12Cl2N2O2. The Morgan fingerprint density at radius 3 is 2.72 bits per heavy atom. The number of nitriles is 1. The second kappa shape index (κ2) is 8.80. The van der Waals surface area contributed by atoms with Gasteiger partial charge in [-0.3, -0.25) is 4.79 Å². The van der Waals surface area contributed by atoms with Gasteiger partial charge >= 0.3 is 0 Å². The van der Waals surface area contributed by atoms with Gasteiger partial charge in [0.05, 0.1) is 5.02 Å². The van der Waals surface area contributed by atoms with Crippen molar-refractivity contribution in [3.8, 4) is 24.2 Å². The van der Waals surface area contributed by atoms with Gasteiger partial charge in [-0.25, -0.2) is 0 Å². The maximum atomic E-state index is 12.2. The lowest BCUT2D eigenvalue weighted by atomic mass is 10.1. The van der Waals surface area contributed by atoms with Gasteiger partial charge in [-0.15, -0.1) is 6.42 Å². The predicted octanol–water partition coefficient (Wildman–Crippen LogP) is 4.55. The van der Waals surface area contributed by atoms with Crippen molar-refractivity contribution >= 4 is 40.9 Å². The monoisotopic (exact) mass is 370 g/mol. The van der Waals surface area contributed by atoms with Gasteiger partial charge in [-0.1, -0.05) is 41.3 Å². The first-order chi connectivity index (χ1) is 12.0. The molecule has 2 aromatic rings. The third-order valence-corrected chi connectivity index (χ3v) is 3.56. The van der Waals surface area contributed by atoms with E-state index in [0.717, 1.165) is 0 Å². The van der Waals surface area contributed by atoms with E-state index in [1.165, 1.54) is 6.08 Å². The van der Waals surface area contributed by atoms with Gasteiger partial charge in [0.2, 0.25) is 0 Å². The number of anilines is 1. The highest BCUT2D eigenvalue weighted by Gasteiger charge is 2.10. The van der Waals surface area contributed by atoms with Crippen LogP contribution in [0.15, 0.2) is 48.0 Å². The molecular weight excluding hydrogens is 359 g/mol. The minimum Gasteiger partial charge on any atom is -0.479 e. The lowest BCUT2D eigenvalue weighted by Gasteiger charge is -2.07. The van der Waals surface area contributed by atoms with Gasteiger partial charge < -0.3 is 10.1 Å². The maximum absolute atomic E-state index is 12.2. The second-order valence-electron chi connectivity index (χ2n) is 4.82. The van der Waals surface area contributed by atoms with Crippen molar-refractivity contribution in [3.63, 3.8) is 0 Å². The summed E-state index contributed by atoms with van der Waals surface area (Å²) >= 11 is 12.0. The predicted molar refractivity (Wildman–Crippen MR) is 99.5 cm³/mol. The van der Waals surface area contributed by atoms with E-state index in [2.05, 4.69) is 11.2 Å². The largest absolute Gasteiger partial charge is 0.479 e. The first-order valence-corrected chi connectivity index (χ1v) is 7.83. The van der Waals surface area contributed by atoms with Crippen molar-refractivity contribution in [1.82, 2.24) is 0 Å². The molecule has 0 heterocycles. The van der Waals surface area contributed by atoms with E-state index in [-0.39, 0.29) is 12.2 Å². The van der Waals surface area contributed by atoms with Crippen LogP contribution in [0.25, 0.3) is 6.08 Å². The molecule has 0 atom stereocenters. The number of amides is 1. The summed E-state index contributed by atoms with van der Waals surface area (Å²) < 4.78 is 5.26. The molecule has 0 unspecified atom stereocenters. The average Bonchev–Trinajstić information content (AvgIpc) is 2.58. The zero-order valence-corrected chi connectivity index (χ0v) is 14.4. The molecule has 0 radical (unpaired) electrons. The summed E-state index contributed by atoms with van der Waals surface area (Å²) in [5.41, 5.74) is 0.999. The molecule has 0 aromatic heterocycles. The van der Waals surface area contributed by atoms with Gasteiger partial charge in [0.1, 0.15) is 24.0 Å². The molecule has 124 valence electrons. The summed E-state index contributed by atoms with van der Waals surface area (Å²) in [6, 6.07) is 13.4. The molecule has 0 fully saturated rings. The van der Waals surface area contributed by atoms with Crippen LogP contribution in [0, 0.1) is 23.7 Å². The van der Waals surface area contributed by atoms with Crippen molar-refractivity contribution in [3.05, 3.63) is 63.6 Å². The number of carbonyl (C=O) groups is 1. The molecule has 2 aromatic carbocycles. The van der Waals surface area contributed by atoms with Crippen LogP contribution >= 0.6 is 23.2 Å². The SMILES string of the molecule is C#CCOc1ccc(/C=C(\C#N)C(=O)Nc2cccc(Cl)c2)cc1Cl. The summed E-state index contributed by atoms with van der Waals surface area (Å²) in [6.45, 7) is 0.0976. The van der Waals surface area contributed by atoms with Crippen LogP contribution in [0.3, 0.4) is 0 Å². The maximum Gasteiger partial charge on any atom is 0.266 e. The highest BCUT2D eigenvalue weighted by molar-refractivity contribution is 6.32. The lowest BCUT2D eigenvalue weighted by molar-refractivity contribution is -0.112. The molecule has 25 heavy (non-hydrogen) atoms. The number of nitrogens with zero attached hydrogens (tertiary/aromatic N) is 1. The third kappa shape index (κ3) is 5.29. The second-order valence-corrected chi connectivity index (χ2v) is 5.66. The van der Waals surface area contributed by atoms with Crippen LogP contribution in [0.5, 0.6) is 5.75 Å². The molecule has 0 saturated carbocycles. The number of hydrogen-bond donors (Lipinski definition) is 1. The first kappa shape index (κ1) is 18.4. The van der Waals surface area contributed by atoms with Crippen LogP contribution in [0.2, 0.25) is 10.0 Å². The molecule has 6 heteroatoms. The van der Waals surface area contributed by atoms with Gasteiger partial charge in [0.25, 0.3) is 5.91 Å². The Kier molecular flexibility index (Phi) is 6.48. The van der Waals surface area contributed by atoms with E-state index in [1.807, 2.05) is 6.07 Å². The van der Waals surface area contributed by atoms with Crippen molar-refractivity contribution in [2.75, 3.05) is 11.9 Å². The van der Waals surface area contributed by atoms with Crippen LogP contribution in [-0.2, 0) is 4.79 Å². The van der Waals surface area contributed by atoms with E-state index < -0.39 is 5.91 Å². The van der Waals surface area contributed by atoms with Crippen LogP contribution in [-0.4, -0.2) is 12.5 Å². The molecule has 0 aliphatic heterocycles. The zero-order valence-electron chi connectivity index (χ0n) is 12.9. The fourth-order valence-corrected chi connectivity index (χ4v) is 2.36. The van der Waals surface area contributed by atoms with Gasteiger partial charge in [-0.05, 0) is 42.0 Å². The van der Waals surface area contributed by atoms with E-state index in [0.29, 0.717) is 27.0 Å². The van der Waals surface area contributed by atoms with Crippen LogP contribution < -0.4 is 10.1 Å². The Hall–Kier alpha value is -2.92.